The van der Waals surface area contributed by atoms with E-state index in [1.165, 1.54) is 5.52 Å². The van der Waals surface area contributed by atoms with E-state index in [4.69, 9.17) is 16.6 Å². The number of hydrogen-bond donors (Lipinski definition) is 0. The van der Waals surface area contributed by atoms with Gasteiger partial charge < -0.3 is 4.57 Å². The van der Waals surface area contributed by atoms with E-state index in [1.54, 1.807) is 0 Å². The summed E-state index contributed by atoms with van der Waals surface area (Å²) in [5.41, 5.74) is 2.18. The Bertz CT molecular complexity index is 721. The predicted molar refractivity (Wildman–Crippen MR) is 88.7 cm³/mol. The van der Waals surface area contributed by atoms with Gasteiger partial charge in [0.25, 0.3) is 0 Å². The molecule has 2 aromatic heterocycles. The second-order valence-electron chi connectivity index (χ2n) is 4.87. The molecule has 1 aromatic carbocycles. The van der Waals surface area contributed by atoms with Crippen molar-refractivity contribution >= 4 is 38.6 Å². The van der Waals surface area contributed by atoms with Crippen LogP contribution in [0.2, 0.25) is 0 Å². The maximum atomic E-state index is 5.91. The van der Waals surface area contributed by atoms with Gasteiger partial charge in [0.15, 0.2) is 0 Å². The summed E-state index contributed by atoms with van der Waals surface area (Å²) in [5, 5.41) is 4.23. The zero-order valence-corrected chi connectivity index (χ0v) is 13.9. The number of hydrogen-bond acceptors (Lipinski definition) is 2. The van der Waals surface area contributed by atoms with Crippen LogP contribution < -0.4 is 0 Å². The molecule has 0 fully saturated rings. The summed E-state index contributed by atoms with van der Waals surface area (Å²) in [5.74, 6) is 1.64. The number of aromatic nitrogens is 4. The molecule has 2 heterocycles. The van der Waals surface area contributed by atoms with Crippen LogP contribution in [0.15, 0.2) is 41.1 Å². The van der Waals surface area contributed by atoms with Gasteiger partial charge >= 0.3 is 0 Å². The van der Waals surface area contributed by atoms with E-state index < -0.39 is 0 Å². The fourth-order valence-corrected chi connectivity index (χ4v) is 3.02. The molecule has 0 saturated heterocycles. The molecule has 0 saturated carbocycles. The van der Waals surface area contributed by atoms with Gasteiger partial charge in [-0.1, -0.05) is 15.9 Å². The molecule has 21 heavy (non-hydrogen) atoms. The minimum absolute atomic E-state index is 0.587. The number of aryl methyl sites for hydroxylation is 3. The Hall–Kier alpha value is -1.33. The number of nitrogens with zero attached hydrogens (tertiary/aromatic N) is 4. The van der Waals surface area contributed by atoms with Crippen LogP contribution in [0.5, 0.6) is 0 Å². The topological polar surface area (TPSA) is 35.6 Å². The molecule has 0 radical (unpaired) electrons. The summed E-state index contributed by atoms with van der Waals surface area (Å²) in [7, 11) is 0. The summed E-state index contributed by atoms with van der Waals surface area (Å²) in [6.07, 6.45) is 5.60. The first-order valence-electron chi connectivity index (χ1n) is 6.96. The van der Waals surface area contributed by atoms with Gasteiger partial charge in [0.05, 0.1) is 11.0 Å². The number of alkyl halides is 1. The Labute approximate surface area is 136 Å². The number of benzene rings is 1. The molecule has 0 atom stereocenters. The monoisotopic (exact) mass is 366 g/mol. The Morgan fingerprint density at radius 2 is 2.14 bits per heavy atom. The SMILES string of the molecule is ClCCc1nc2cc(Br)ccc2n1CCCn1cccn1. The van der Waals surface area contributed by atoms with Gasteiger partial charge in [-0.2, -0.15) is 5.10 Å². The van der Waals surface area contributed by atoms with Crippen LogP contribution in [0.25, 0.3) is 11.0 Å². The normalized spacial score (nSPS) is 11.3. The summed E-state index contributed by atoms with van der Waals surface area (Å²) in [6, 6.07) is 8.16. The molecule has 110 valence electrons. The maximum absolute atomic E-state index is 5.91. The van der Waals surface area contributed by atoms with Crippen molar-refractivity contribution in [1.82, 2.24) is 19.3 Å². The Morgan fingerprint density at radius 3 is 2.90 bits per heavy atom. The first kappa shape index (κ1) is 14.6. The van der Waals surface area contributed by atoms with Crippen molar-refractivity contribution in [2.75, 3.05) is 5.88 Å². The summed E-state index contributed by atoms with van der Waals surface area (Å²) < 4.78 is 5.28. The van der Waals surface area contributed by atoms with Crippen LogP contribution in [0.4, 0.5) is 0 Å². The highest BCUT2D eigenvalue weighted by molar-refractivity contribution is 9.10. The van der Waals surface area contributed by atoms with Crippen molar-refractivity contribution in [2.45, 2.75) is 25.9 Å². The third-order valence-electron chi connectivity index (χ3n) is 3.44. The lowest BCUT2D eigenvalue weighted by molar-refractivity contribution is 0.524. The first-order valence-corrected chi connectivity index (χ1v) is 8.29. The minimum atomic E-state index is 0.587. The van der Waals surface area contributed by atoms with Gasteiger partial charge in [-0.25, -0.2) is 4.98 Å². The zero-order chi connectivity index (χ0) is 14.7. The Morgan fingerprint density at radius 1 is 1.24 bits per heavy atom. The van der Waals surface area contributed by atoms with Crippen LogP contribution in [-0.2, 0) is 19.5 Å². The second-order valence-corrected chi connectivity index (χ2v) is 6.17. The number of fused-ring (bicyclic) bond motifs is 1. The highest BCUT2D eigenvalue weighted by atomic mass is 79.9. The van der Waals surface area contributed by atoms with E-state index in [0.29, 0.717) is 5.88 Å². The van der Waals surface area contributed by atoms with E-state index in [0.717, 1.165) is 41.7 Å². The highest BCUT2D eigenvalue weighted by Crippen LogP contribution is 2.22. The third-order valence-corrected chi connectivity index (χ3v) is 4.12. The number of rotatable bonds is 6. The molecule has 0 aliphatic heterocycles. The Balaban J connectivity index is 1.82. The average Bonchev–Trinajstić information content (AvgIpc) is 3.08. The van der Waals surface area contributed by atoms with Crippen LogP contribution in [0, 0.1) is 0 Å². The van der Waals surface area contributed by atoms with Crippen LogP contribution >= 0.6 is 27.5 Å². The second kappa shape index (κ2) is 6.62. The Kier molecular flexibility index (Phi) is 4.60. The molecule has 3 aromatic rings. The summed E-state index contributed by atoms with van der Waals surface area (Å²) in [4.78, 5) is 4.70. The lowest BCUT2D eigenvalue weighted by atomic mass is 10.3. The third kappa shape index (κ3) is 3.30. The quantitative estimate of drug-likeness (QED) is 0.620. The van der Waals surface area contributed by atoms with Gasteiger partial charge in [0.1, 0.15) is 5.82 Å². The van der Waals surface area contributed by atoms with E-state index in [1.807, 2.05) is 23.1 Å². The molecule has 0 spiro atoms. The van der Waals surface area contributed by atoms with Crippen LogP contribution in [0.1, 0.15) is 12.2 Å². The van der Waals surface area contributed by atoms with Crippen molar-refractivity contribution in [1.29, 1.82) is 0 Å². The molecule has 0 unspecified atom stereocenters. The maximum Gasteiger partial charge on any atom is 0.111 e. The summed E-state index contributed by atoms with van der Waals surface area (Å²) in [6.45, 7) is 1.83. The first-order chi connectivity index (χ1) is 10.3. The fourth-order valence-electron chi connectivity index (χ4n) is 2.50. The van der Waals surface area contributed by atoms with Gasteiger partial charge in [-0.3, -0.25) is 4.68 Å². The smallest absolute Gasteiger partial charge is 0.111 e. The van der Waals surface area contributed by atoms with Crippen molar-refractivity contribution in [3.05, 3.63) is 47.0 Å². The lowest BCUT2D eigenvalue weighted by Crippen LogP contribution is -2.08. The van der Waals surface area contributed by atoms with Gasteiger partial charge in [0.2, 0.25) is 0 Å². The molecule has 0 N–H and O–H groups in total. The van der Waals surface area contributed by atoms with Crippen molar-refractivity contribution in [2.24, 2.45) is 0 Å². The summed E-state index contributed by atoms with van der Waals surface area (Å²) >= 11 is 9.40. The largest absolute Gasteiger partial charge is 0.328 e. The van der Waals surface area contributed by atoms with E-state index in [2.05, 4.69) is 43.8 Å². The molecular formula is C15H16BrClN4. The van der Waals surface area contributed by atoms with E-state index in [9.17, 15) is 0 Å². The standard InChI is InChI=1S/C15H16BrClN4/c16-12-3-4-14-13(11-12)19-15(5-6-17)21(14)10-2-9-20-8-1-7-18-20/h1,3-4,7-8,11H,2,5-6,9-10H2. The molecule has 0 aliphatic rings. The predicted octanol–water partition coefficient (Wildman–Crippen LogP) is 3.87. The van der Waals surface area contributed by atoms with Crippen molar-refractivity contribution < 1.29 is 0 Å². The molecule has 0 amide bonds. The van der Waals surface area contributed by atoms with Gasteiger partial charge in [-0.15, -0.1) is 11.6 Å². The van der Waals surface area contributed by atoms with Gasteiger partial charge in [0, 0.05) is 42.3 Å². The molecule has 4 nitrogen and oxygen atoms in total. The van der Waals surface area contributed by atoms with Crippen LogP contribution in [0.3, 0.4) is 0 Å². The van der Waals surface area contributed by atoms with Crippen molar-refractivity contribution in [3.8, 4) is 0 Å². The number of halogens is 2. The molecule has 6 heteroatoms. The van der Waals surface area contributed by atoms with E-state index >= 15 is 0 Å². The average molecular weight is 368 g/mol. The van der Waals surface area contributed by atoms with Crippen molar-refractivity contribution in [3.63, 3.8) is 0 Å². The van der Waals surface area contributed by atoms with Crippen LogP contribution in [-0.4, -0.2) is 25.2 Å². The highest BCUT2D eigenvalue weighted by Gasteiger charge is 2.10. The lowest BCUT2D eigenvalue weighted by Gasteiger charge is -2.08. The zero-order valence-electron chi connectivity index (χ0n) is 11.5. The molecule has 0 bridgehead atoms. The molecular weight excluding hydrogens is 352 g/mol. The minimum Gasteiger partial charge on any atom is -0.328 e. The molecule has 0 aliphatic carbocycles. The van der Waals surface area contributed by atoms with Gasteiger partial charge in [-0.05, 0) is 30.7 Å². The number of imidazole rings is 1. The fraction of sp³-hybridized carbons (Fsp3) is 0.333. The van der Waals surface area contributed by atoms with E-state index in [-0.39, 0.29) is 0 Å². The molecule has 3 rings (SSSR count).